The van der Waals surface area contributed by atoms with Crippen LogP contribution in [-0.2, 0) is 14.3 Å². The van der Waals surface area contributed by atoms with Crippen LogP contribution in [0.1, 0.15) is 51.9 Å². The van der Waals surface area contributed by atoms with Crippen molar-refractivity contribution in [2.45, 2.75) is 57.5 Å². The first-order valence-electron chi connectivity index (χ1n) is 8.97. The molecular weight excluding hydrogens is 292 g/mol. The smallest absolute Gasteiger partial charge is 0.312 e. The second-order valence-electron chi connectivity index (χ2n) is 8.99. The number of esters is 1. The number of fused-ring (bicyclic) bond motifs is 1. The molecule has 124 valence electrons. The van der Waals surface area contributed by atoms with Gasteiger partial charge in [-0.2, -0.15) is 0 Å². The fourth-order valence-electron chi connectivity index (χ4n) is 7.68. The number of carbonyl (C=O) groups is 2. The van der Waals surface area contributed by atoms with E-state index in [4.69, 9.17) is 4.74 Å². The fraction of sp³-hybridized carbons (Fsp3) is 0.789. The zero-order chi connectivity index (χ0) is 16.2. The summed E-state index contributed by atoms with van der Waals surface area (Å²) < 4.78 is 6.07. The first-order valence-corrected chi connectivity index (χ1v) is 8.97. The molecule has 4 saturated carbocycles. The van der Waals surface area contributed by atoms with Gasteiger partial charge in [0.2, 0.25) is 0 Å². The van der Waals surface area contributed by atoms with Crippen molar-refractivity contribution in [1.29, 1.82) is 0 Å². The van der Waals surface area contributed by atoms with E-state index < -0.39 is 22.9 Å². The van der Waals surface area contributed by atoms with Gasteiger partial charge in [0, 0.05) is 23.7 Å². The van der Waals surface area contributed by atoms with Crippen LogP contribution in [0.15, 0.2) is 12.2 Å². The maximum Gasteiger partial charge on any atom is 0.312 e. The molecule has 5 fully saturated rings. The predicted molar refractivity (Wildman–Crippen MR) is 79.8 cm³/mol. The van der Waals surface area contributed by atoms with Gasteiger partial charge in [-0.3, -0.25) is 4.79 Å². The molecule has 5 aliphatic rings. The highest BCUT2D eigenvalue weighted by Crippen LogP contribution is 2.77. The summed E-state index contributed by atoms with van der Waals surface area (Å²) in [7, 11) is 0. The molecule has 1 saturated heterocycles. The Bertz CT molecular complexity index is 654. The lowest BCUT2D eigenvalue weighted by Gasteiger charge is -2.44. The Balaban J connectivity index is 1.75. The van der Waals surface area contributed by atoms with Gasteiger partial charge < -0.3 is 14.6 Å². The molecule has 0 amide bonds. The summed E-state index contributed by atoms with van der Waals surface area (Å²) in [6, 6.07) is 0. The number of ether oxygens (including phenoxy) is 1. The number of hydrogen-bond acceptors (Lipinski definition) is 4. The van der Waals surface area contributed by atoms with E-state index >= 15 is 0 Å². The van der Waals surface area contributed by atoms with Crippen molar-refractivity contribution in [3.8, 4) is 0 Å². The molecule has 7 atom stereocenters. The number of carboxylic acid groups (broad SMARTS) is 1. The largest absolute Gasteiger partial charge is 0.550 e. The molecule has 1 aliphatic heterocycles. The van der Waals surface area contributed by atoms with E-state index in [1.54, 1.807) is 0 Å². The van der Waals surface area contributed by atoms with Gasteiger partial charge in [-0.05, 0) is 63.2 Å². The van der Waals surface area contributed by atoms with Gasteiger partial charge in [-0.15, -0.1) is 0 Å². The predicted octanol–water partition coefficient (Wildman–Crippen LogP) is 1.83. The summed E-state index contributed by atoms with van der Waals surface area (Å²) in [6.07, 6.45) is 6.24. The summed E-state index contributed by atoms with van der Waals surface area (Å²) in [5.74, 6) is -1.29. The monoisotopic (exact) mass is 315 g/mol. The lowest BCUT2D eigenvalue weighted by molar-refractivity contribution is -0.318. The van der Waals surface area contributed by atoms with E-state index in [0.29, 0.717) is 5.92 Å². The highest BCUT2D eigenvalue weighted by molar-refractivity contribution is 5.84. The van der Waals surface area contributed by atoms with Crippen LogP contribution in [0.2, 0.25) is 0 Å². The number of hydrogen-bond donors (Lipinski definition) is 0. The number of aliphatic carboxylic acids is 1. The average Bonchev–Trinajstić information content (AvgIpc) is 2.92. The number of allylic oxidation sites excluding steroid dienone is 1. The topological polar surface area (TPSA) is 66.4 Å². The van der Waals surface area contributed by atoms with E-state index in [1.807, 2.05) is 6.92 Å². The number of rotatable bonds is 1. The summed E-state index contributed by atoms with van der Waals surface area (Å²) >= 11 is 0. The third-order valence-corrected chi connectivity index (χ3v) is 8.28. The van der Waals surface area contributed by atoms with Crippen LogP contribution in [-0.4, -0.2) is 17.5 Å². The Kier molecular flexibility index (Phi) is 2.35. The van der Waals surface area contributed by atoms with Crippen LogP contribution in [0.25, 0.3) is 0 Å². The van der Waals surface area contributed by atoms with Gasteiger partial charge in [0.15, 0.2) is 0 Å². The van der Waals surface area contributed by atoms with Crippen molar-refractivity contribution in [2.75, 3.05) is 0 Å². The van der Waals surface area contributed by atoms with Gasteiger partial charge in [0.05, 0.1) is 5.41 Å². The van der Waals surface area contributed by atoms with Crippen molar-refractivity contribution < 1.29 is 19.4 Å². The molecule has 0 aromatic carbocycles. The summed E-state index contributed by atoms with van der Waals surface area (Å²) in [6.45, 7) is 6.17. The maximum absolute atomic E-state index is 12.6. The Morgan fingerprint density at radius 1 is 1.35 bits per heavy atom. The SMILES string of the molecule is C=C1C[C@]23C[C@H]1CC[C@H]2[C@@]12CCCC(C)(C(=O)O1)[C@H]2[C@@H]3C(=O)[O-]. The molecule has 0 aromatic rings. The molecule has 0 radical (unpaired) electrons. The molecule has 1 heterocycles. The van der Waals surface area contributed by atoms with Crippen LogP contribution < -0.4 is 5.11 Å². The molecule has 5 rings (SSSR count). The van der Waals surface area contributed by atoms with Crippen molar-refractivity contribution in [1.82, 2.24) is 0 Å². The summed E-state index contributed by atoms with van der Waals surface area (Å²) in [5, 5.41) is 12.3. The minimum atomic E-state index is -0.969. The highest BCUT2D eigenvalue weighted by Gasteiger charge is 2.80. The van der Waals surface area contributed by atoms with Crippen LogP contribution in [0, 0.1) is 34.5 Å². The fourth-order valence-corrected chi connectivity index (χ4v) is 7.68. The standard InChI is InChI=1S/C19H24O4/c1-10-8-18-9-11(10)4-5-12(18)19-7-3-6-17(2,16(22)23-19)14(19)13(18)15(20)21/h11-14H,1,3-9H2,2H3,(H,20,21)/p-1/t11-,12-,13-,14-,17?,18+,19-/m1/s1. The molecule has 0 N–H and O–H groups in total. The molecule has 4 aliphatic carbocycles. The third-order valence-electron chi connectivity index (χ3n) is 8.28. The van der Waals surface area contributed by atoms with Gasteiger partial charge in [-0.1, -0.05) is 12.2 Å². The van der Waals surface area contributed by atoms with Gasteiger partial charge in [0.1, 0.15) is 5.60 Å². The zero-order valence-electron chi connectivity index (χ0n) is 13.6. The second kappa shape index (κ2) is 3.84. The lowest BCUT2D eigenvalue weighted by Crippen LogP contribution is -2.49. The van der Waals surface area contributed by atoms with E-state index in [0.717, 1.165) is 44.9 Å². The Morgan fingerprint density at radius 2 is 2.13 bits per heavy atom. The number of carbonyl (C=O) groups excluding carboxylic acids is 2. The van der Waals surface area contributed by atoms with Crippen molar-refractivity contribution in [3.05, 3.63) is 12.2 Å². The Labute approximate surface area is 136 Å². The number of carboxylic acids is 1. The molecule has 0 aromatic heterocycles. The average molecular weight is 315 g/mol. The lowest BCUT2D eigenvalue weighted by atomic mass is 9.60. The molecular formula is C19H23O4-. The van der Waals surface area contributed by atoms with Gasteiger partial charge >= 0.3 is 5.97 Å². The molecule has 4 bridgehead atoms. The van der Waals surface area contributed by atoms with E-state index in [1.165, 1.54) is 5.57 Å². The quantitative estimate of drug-likeness (QED) is 0.547. The van der Waals surface area contributed by atoms with E-state index in [-0.39, 0.29) is 23.2 Å². The molecule has 23 heavy (non-hydrogen) atoms. The Hall–Kier alpha value is -1.32. The summed E-state index contributed by atoms with van der Waals surface area (Å²) in [4.78, 5) is 24.9. The normalized spacial score (nSPS) is 56.2. The second-order valence-corrected chi connectivity index (χ2v) is 8.99. The molecule has 4 nitrogen and oxygen atoms in total. The van der Waals surface area contributed by atoms with Crippen LogP contribution in [0.4, 0.5) is 0 Å². The molecule has 4 heteroatoms. The van der Waals surface area contributed by atoms with Crippen LogP contribution >= 0.6 is 0 Å². The minimum absolute atomic E-state index is 0.167. The Morgan fingerprint density at radius 3 is 2.87 bits per heavy atom. The minimum Gasteiger partial charge on any atom is -0.550 e. The first kappa shape index (κ1) is 14.1. The van der Waals surface area contributed by atoms with Gasteiger partial charge in [0.25, 0.3) is 0 Å². The molecule has 1 spiro atoms. The van der Waals surface area contributed by atoms with Crippen molar-refractivity contribution >= 4 is 11.9 Å². The maximum atomic E-state index is 12.6. The molecule has 1 unspecified atom stereocenters. The van der Waals surface area contributed by atoms with Crippen molar-refractivity contribution in [3.63, 3.8) is 0 Å². The van der Waals surface area contributed by atoms with Gasteiger partial charge in [-0.25, -0.2) is 0 Å². The highest BCUT2D eigenvalue weighted by atomic mass is 16.6. The first-order chi connectivity index (χ1) is 10.9. The van der Waals surface area contributed by atoms with Crippen LogP contribution in [0.5, 0.6) is 0 Å². The summed E-state index contributed by atoms with van der Waals surface area (Å²) in [5.41, 5.74) is -0.268. The van der Waals surface area contributed by atoms with E-state index in [2.05, 4.69) is 6.58 Å². The third kappa shape index (κ3) is 1.29. The van der Waals surface area contributed by atoms with E-state index in [9.17, 15) is 14.7 Å². The zero-order valence-corrected chi connectivity index (χ0v) is 13.6. The van der Waals surface area contributed by atoms with Crippen LogP contribution in [0.3, 0.4) is 0 Å². The van der Waals surface area contributed by atoms with Crippen molar-refractivity contribution in [2.24, 2.45) is 34.5 Å².